The molecule has 0 spiro atoms. The van der Waals surface area contributed by atoms with Crippen LogP contribution in [-0.4, -0.2) is 42.2 Å². The van der Waals surface area contributed by atoms with Gasteiger partial charge in [0.2, 0.25) is 5.91 Å². The van der Waals surface area contributed by atoms with Crippen molar-refractivity contribution in [3.05, 3.63) is 23.8 Å². The molecule has 1 heterocycles. The Morgan fingerprint density at radius 2 is 2.30 bits per heavy atom. The van der Waals surface area contributed by atoms with Crippen molar-refractivity contribution >= 4 is 5.91 Å². The summed E-state index contributed by atoms with van der Waals surface area (Å²) in [6, 6.07) is 5.36. The Morgan fingerprint density at radius 1 is 1.50 bits per heavy atom. The Balaban J connectivity index is 1.86. The van der Waals surface area contributed by atoms with Gasteiger partial charge >= 0.3 is 0 Å². The molecule has 0 radical (unpaired) electrons. The third kappa shape index (κ3) is 3.63. The zero-order valence-corrected chi connectivity index (χ0v) is 12.1. The molecular weight excluding hydrogens is 256 g/mol. The smallest absolute Gasteiger partial charge is 0.222 e. The monoisotopic (exact) mass is 278 g/mol. The van der Waals surface area contributed by atoms with Crippen molar-refractivity contribution in [2.75, 3.05) is 20.2 Å². The highest BCUT2D eigenvalue weighted by Gasteiger charge is 2.21. The van der Waals surface area contributed by atoms with E-state index in [9.17, 15) is 9.90 Å². The van der Waals surface area contributed by atoms with Crippen LogP contribution in [0.1, 0.15) is 25.3 Å². The lowest BCUT2D eigenvalue weighted by molar-refractivity contribution is -0.127. The number of aromatic hydroxyl groups is 1. The van der Waals surface area contributed by atoms with Gasteiger partial charge in [-0.15, -0.1) is 0 Å². The molecule has 1 aromatic carbocycles. The van der Waals surface area contributed by atoms with Crippen molar-refractivity contribution in [2.45, 2.75) is 32.4 Å². The molecule has 1 amide bonds. The van der Waals surface area contributed by atoms with Crippen LogP contribution in [0.4, 0.5) is 0 Å². The van der Waals surface area contributed by atoms with Crippen LogP contribution < -0.4 is 10.1 Å². The van der Waals surface area contributed by atoms with E-state index >= 15 is 0 Å². The van der Waals surface area contributed by atoms with E-state index in [1.54, 1.807) is 19.2 Å². The predicted molar refractivity (Wildman–Crippen MR) is 76.8 cm³/mol. The van der Waals surface area contributed by atoms with E-state index < -0.39 is 0 Å². The van der Waals surface area contributed by atoms with Crippen LogP contribution in [0.15, 0.2) is 18.2 Å². The molecule has 0 bridgehead atoms. The molecule has 1 atom stereocenters. The highest BCUT2D eigenvalue weighted by Crippen LogP contribution is 2.22. The number of rotatable bonds is 6. The number of likely N-dealkylation sites (tertiary alicyclic amines) is 1. The summed E-state index contributed by atoms with van der Waals surface area (Å²) in [5.41, 5.74) is 0.795. The minimum Gasteiger partial charge on any atom is -0.508 e. The van der Waals surface area contributed by atoms with Gasteiger partial charge in [0.15, 0.2) is 0 Å². The number of hydrogen-bond acceptors (Lipinski definition) is 4. The Kier molecular flexibility index (Phi) is 4.84. The van der Waals surface area contributed by atoms with Crippen LogP contribution in [0.25, 0.3) is 0 Å². The number of hydrogen-bond donors (Lipinski definition) is 2. The van der Waals surface area contributed by atoms with Gasteiger partial charge in [-0.3, -0.25) is 4.79 Å². The molecule has 0 saturated carbocycles. The second-order valence-electron chi connectivity index (χ2n) is 5.22. The summed E-state index contributed by atoms with van der Waals surface area (Å²) < 4.78 is 5.15. The van der Waals surface area contributed by atoms with Crippen LogP contribution in [0, 0.1) is 0 Å². The van der Waals surface area contributed by atoms with Crippen LogP contribution in [0.5, 0.6) is 11.5 Å². The van der Waals surface area contributed by atoms with Crippen LogP contribution in [-0.2, 0) is 11.3 Å². The van der Waals surface area contributed by atoms with E-state index in [4.69, 9.17) is 4.74 Å². The molecule has 1 unspecified atom stereocenters. The highest BCUT2D eigenvalue weighted by atomic mass is 16.5. The van der Waals surface area contributed by atoms with Crippen LogP contribution in [0.3, 0.4) is 0 Å². The number of carbonyl (C=O) groups excluding carboxylic acids is 1. The lowest BCUT2D eigenvalue weighted by atomic mass is 10.1. The SMILES string of the molecule is COc1ccc(O)c(CNC(C)CN2CCCC2=O)c1. The van der Waals surface area contributed by atoms with Gasteiger partial charge in [-0.05, 0) is 31.5 Å². The summed E-state index contributed by atoms with van der Waals surface area (Å²) in [4.78, 5) is 13.5. The number of carbonyl (C=O) groups is 1. The summed E-state index contributed by atoms with van der Waals surface area (Å²) in [7, 11) is 1.60. The lowest BCUT2D eigenvalue weighted by Crippen LogP contribution is -2.39. The van der Waals surface area contributed by atoms with Gasteiger partial charge in [0.05, 0.1) is 7.11 Å². The number of nitrogens with zero attached hydrogens (tertiary/aromatic N) is 1. The van der Waals surface area contributed by atoms with E-state index in [0.717, 1.165) is 24.3 Å². The van der Waals surface area contributed by atoms with Crippen molar-refractivity contribution in [3.8, 4) is 11.5 Å². The minimum atomic E-state index is 0.183. The molecule has 0 aromatic heterocycles. The summed E-state index contributed by atoms with van der Waals surface area (Å²) in [5, 5.41) is 13.1. The maximum absolute atomic E-state index is 11.6. The molecule has 1 aromatic rings. The zero-order chi connectivity index (χ0) is 14.5. The molecule has 2 N–H and O–H groups in total. The molecule has 1 aliphatic heterocycles. The van der Waals surface area contributed by atoms with E-state index in [-0.39, 0.29) is 17.7 Å². The molecule has 110 valence electrons. The van der Waals surface area contributed by atoms with E-state index in [0.29, 0.717) is 19.5 Å². The maximum Gasteiger partial charge on any atom is 0.222 e. The zero-order valence-electron chi connectivity index (χ0n) is 12.1. The molecule has 1 fully saturated rings. The Labute approximate surface area is 119 Å². The van der Waals surface area contributed by atoms with Crippen molar-refractivity contribution in [1.82, 2.24) is 10.2 Å². The number of phenols is 1. The van der Waals surface area contributed by atoms with Gasteiger partial charge in [0, 0.05) is 37.7 Å². The standard InChI is InChI=1S/C15H22N2O3/c1-11(10-17-7-3-4-15(17)19)16-9-12-8-13(20-2)5-6-14(12)18/h5-6,8,11,16,18H,3-4,7,9-10H2,1-2H3. The molecule has 5 nitrogen and oxygen atoms in total. The molecular formula is C15H22N2O3. The van der Waals surface area contributed by atoms with E-state index in [1.165, 1.54) is 0 Å². The first-order valence-corrected chi connectivity index (χ1v) is 6.97. The van der Waals surface area contributed by atoms with Crippen LogP contribution >= 0.6 is 0 Å². The number of nitrogens with one attached hydrogen (secondary N) is 1. The maximum atomic E-state index is 11.6. The fourth-order valence-corrected chi connectivity index (χ4v) is 2.41. The second kappa shape index (κ2) is 6.61. The number of methoxy groups -OCH3 is 1. The Morgan fingerprint density at radius 3 is 2.95 bits per heavy atom. The first-order valence-electron chi connectivity index (χ1n) is 6.97. The second-order valence-corrected chi connectivity index (χ2v) is 5.22. The summed E-state index contributed by atoms with van der Waals surface area (Å²) in [5.74, 6) is 1.22. The van der Waals surface area contributed by atoms with Crippen molar-refractivity contribution < 1.29 is 14.6 Å². The molecule has 20 heavy (non-hydrogen) atoms. The number of phenolic OH excluding ortho intramolecular Hbond substituents is 1. The fourth-order valence-electron chi connectivity index (χ4n) is 2.41. The largest absolute Gasteiger partial charge is 0.508 e. The van der Waals surface area contributed by atoms with Crippen molar-refractivity contribution in [2.24, 2.45) is 0 Å². The summed E-state index contributed by atoms with van der Waals surface area (Å²) in [6.45, 7) is 4.16. The molecule has 1 aliphatic rings. The van der Waals surface area contributed by atoms with E-state index in [1.807, 2.05) is 17.9 Å². The van der Waals surface area contributed by atoms with Crippen molar-refractivity contribution in [1.29, 1.82) is 0 Å². The molecule has 5 heteroatoms. The molecule has 0 aliphatic carbocycles. The Bertz CT molecular complexity index is 476. The van der Waals surface area contributed by atoms with Crippen molar-refractivity contribution in [3.63, 3.8) is 0 Å². The molecule has 1 saturated heterocycles. The minimum absolute atomic E-state index is 0.183. The third-order valence-corrected chi connectivity index (χ3v) is 3.59. The topological polar surface area (TPSA) is 61.8 Å². The predicted octanol–water partition coefficient (Wildman–Crippen LogP) is 1.50. The average molecular weight is 278 g/mol. The summed E-state index contributed by atoms with van der Waals surface area (Å²) in [6.07, 6.45) is 1.63. The molecule has 2 rings (SSSR count). The first-order chi connectivity index (χ1) is 9.60. The van der Waals surface area contributed by atoms with E-state index in [2.05, 4.69) is 5.32 Å². The quantitative estimate of drug-likeness (QED) is 0.828. The van der Waals surface area contributed by atoms with Gasteiger partial charge in [0.1, 0.15) is 11.5 Å². The van der Waals surface area contributed by atoms with Gasteiger partial charge in [-0.1, -0.05) is 0 Å². The van der Waals surface area contributed by atoms with Gasteiger partial charge < -0.3 is 20.1 Å². The highest BCUT2D eigenvalue weighted by molar-refractivity contribution is 5.78. The van der Waals surface area contributed by atoms with Gasteiger partial charge in [-0.25, -0.2) is 0 Å². The normalized spacial score (nSPS) is 16.5. The number of amides is 1. The Hall–Kier alpha value is -1.75. The summed E-state index contributed by atoms with van der Waals surface area (Å²) >= 11 is 0. The number of benzene rings is 1. The average Bonchev–Trinajstić information content (AvgIpc) is 2.83. The third-order valence-electron chi connectivity index (χ3n) is 3.59. The van der Waals surface area contributed by atoms with Gasteiger partial charge in [0.25, 0.3) is 0 Å². The lowest BCUT2D eigenvalue weighted by Gasteiger charge is -2.22. The van der Waals surface area contributed by atoms with Gasteiger partial charge in [-0.2, -0.15) is 0 Å². The fraction of sp³-hybridized carbons (Fsp3) is 0.533. The number of ether oxygens (including phenoxy) is 1. The first kappa shape index (κ1) is 14.7. The van der Waals surface area contributed by atoms with Crippen LogP contribution in [0.2, 0.25) is 0 Å².